The fourth-order valence-corrected chi connectivity index (χ4v) is 1.45. The highest BCUT2D eigenvalue weighted by molar-refractivity contribution is 5.61. The predicted octanol–water partition coefficient (Wildman–Crippen LogP) is 3.77. The van der Waals surface area contributed by atoms with Gasteiger partial charge < -0.3 is 8.83 Å². The first-order chi connectivity index (χ1) is 6.61. The van der Waals surface area contributed by atoms with Crippen molar-refractivity contribution in [3.63, 3.8) is 0 Å². The minimum Gasteiger partial charge on any atom is -0.460 e. The summed E-state index contributed by atoms with van der Waals surface area (Å²) < 4.78 is 11.0. The van der Waals surface area contributed by atoms with Gasteiger partial charge in [0.15, 0.2) is 11.5 Å². The Kier molecular flexibility index (Phi) is 1.99. The summed E-state index contributed by atoms with van der Waals surface area (Å²) in [6, 6.07) is 0. The van der Waals surface area contributed by atoms with Gasteiger partial charge >= 0.3 is 0 Å². The summed E-state index contributed by atoms with van der Waals surface area (Å²) in [5.41, 5.74) is 4.63. The summed E-state index contributed by atoms with van der Waals surface area (Å²) in [6.07, 6.45) is 3.53. The zero-order valence-corrected chi connectivity index (χ0v) is 8.97. The summed E-state index contributed by atoms with van der Waals surface area (Å²) in [6.45, 7) is 8.16. The molecule has 0 aromatic carbocycles. The van der Waals surface area contributed by atoms with E-state index in [0.29, 0.717) is 0 Å². The van der Waals surface area contributed by atoms with Gasteiger partial charge in [0, 0.05) is 11.1 Å². The van der Waals surface area contributed by atoms with Gasteiger partial charge in [-0.25, -0.2) is 0 Å². The fourth-order valence-electron chi connectivity index (χ4n) is 1.45. The maximum absolute atomic E-state index is 5.48. The van der Waals surface area contributed by atoms with Crippen LogP contribution in [0.1, 0.15) is 22.3 Å². The summed E-state index contributed by atoms with van der Waals surface area (Å²) in [4.78, 5) is 0. The van der Waals surface area contributed by atoms with Crippen molar-refractivity contribution in [2.24, 2.45) is 0 Å². The average Bonchev–Trinajstić information content (AvgIpc) is 2.63. The highest BCUT2D eigenvalue weighted by Gasteiger charge is 2.15. The number of furan rings is 2. The Morgan fingerprint density at radius 3 is 1.29 bits per heavy atom. The third kappa shape index (κ3) is 1.18. The second kappa shape index (κ2) is 3.05. The number of rotatable bonds is 1. The number of aryl methyl sites for hydroxylation is 2. The topological polar surface area (TPSA) is 26.3 Å². The average molecular weight is 190 g/mol. The van der Waals surface area contributed by atoms with E-state index in [9.17, 15) is 0 Å². The SMILES string of the molecule is Cc1coc(-c2occ(C)c2C)c1C. The van der Waals surface area contributed by atoms with E-state index in [2.05, 4.69) is 0 Å². The first-order valence-corrected chi connectivity index (χ1v) is 4.71. The Balaban J connectivity index is 2.60. The Labute approximate surface area is 83.5 Å². The maximum Gasteiger partial charge on any atom is 0.172 e. The van der Waals surface area contributed by atoms with Crippen LogP contribution in [0.5, 0.6) is 0 Å². The molecule has 0 aliphatic rings. The molecular weight excluding hydrogens is 176 g/mol. The van der Waals surface area contributed by atoms with Crippen LogP contribution in [0, 0.1) is 27.7 Å². The van der Waals surface area contributed by atoms with Gasteiger partial charge in [-0.1, -0.05) is 0 Å². The highest BCUT2D eigenvalue weighted by Crippen LogP contribution is 2.31. The van der Waals surface area contributed by atoms with Crippen molar-refractivity contribution in [3.8, 4) is 11.5 Å². The summed E-state index contributed by atoms with van der Waals surface area (Å²) in [5, 5.41) is 0. The van der Waals surface area contributed by atoms with Crippen molar-refractivity contribution in [1.29, 1.82) is 0 Å². The van der Waals surface area contributed by atoms with Crippen LogP contribution in [0.25, 0.3) is 11.5 Å². The third-order valence-electron chi connectivity index (χ3n) is 2.78. The van der Waals surface area contributed by atoms with Crippen LogP contribution in [0.4, 0.5) is 0 Å². The van der Waals surface area contributed by atoms with Crippen LogP contribution in [0.2, 0.25) is 0 Å². The molecular formula is C12H14O2. The van der Waals surface area contributed by atoms with E-state index in [1.54, 1.807) is 12.5 Å². The minimum absolute atomic E-state index is 0.855. The van der Waals surface area contributed by atoms with E-state index >= 15 is 0 Å². The molecule has 0 radical (unpaired) electrons. The van der Waals surface area contributed by atoms with E-state index in [1.165, 1.54) is 0 Å². The van der Waals surface area contributed by atoms with Gasteiger partial charge in [-0.2, -0.15) is 0 Å². The normalized spacial score (nSPS) is 10.9. The van der Waals surface area contributed by atoms with E-state index in [0.717, 1.165) is 33.8 Å². The van der Waals surface area contributed by atoms with Gasteiger partial charge in [-0.3, -0.25) is 0 Å². The Bertz CT molecular complexity index is 416. The van der Waals surface area contributed by atoms with Crippen LogP contribution >= 0.6 is 0 Å². The molecule has 0 atom stereocenters. The molecule has 0 unspecified atom stereocenters. The van der Waals surface area contributed by atoms with E-state index in [4.69, 9.17) is 8.83 Å². The molecule has 2 aromatic rings. The summed E-state index contributed by atoms with van der Waals surface area (Å²) in [5.74, 6) is 1.71. The van der Waals surface area contributed by atoms with Crippen molar-refractivity contribution in [3.05, 3.63) is 34.8 Å². The van der Waals surface area contributed by atoms with Crippen molar-refractivity contribution in [1.82, 2.24) is 0 Å². The molecule has 2 nitrogen and oxygen atoms in total. The second-order valence-corrected chi connectivity index (χ2v) is 3.75. The van der Waals surface area contributed by atoms with Gasteiger partial charge in [0.1, 0.15) is 0 Å². The molecule has 0 aliphatic heterocycles. The van der Waals surface area contributed by atoms with Gasteiger partial charge in [0.2, 0.25) is 0 Å². The van der Waals surface area contributed by atoms with E-state index in [1.807, 2.05) is 27.7 Å². The molecule has 0 saturated heterocycles. The maximum atomic E-state index is 5.48. The summed E-state index contributed by atoms with van der Waals surface area (Å²) >= 11 is 0. The largest absolute Gasteiger partial charge is 0.460 e. The first kappa shape index (κ1) is 9.13. The molecule has 14 heavy (non-hydrogen) atoms. The van der Waals surface area contributed by atoms with Crippen molar-refractivity contribution < 1.29 is 8.83 Å². The molecule has 0 spiro atoms. The standard InChI is InChI=1S/C12H14O2/c1-7-5-13-11(9(7)3)12-10(4)8(2)6-14-12/h5-6H,1-4H3. The van der Waals surface area contributed by atoms with Gasteiger partial charge in [0.25, 0.3) is 0 Å². The first-order valence-electron chi connectivity index (χ1n) is 4.71. The molecule has 0 fully saturated rings. The molecule has 2 heterocycles. The monoisotopic (exact) mass is 190 g/mol. The molecule has 0 N–H and O–H groups in total. The van der Waals surface area contributed by atoms with Crippen LogP contribution in [0.15, 0.2) is 21.4 Å². The van der Waals surface area contributed by atoms with Crippen LogP contribution in [-0.4, -0.2) is 0 Å². The molecule has 0 bridgehead atoms. The molecule has 74 valence electrons. The third-order valence-corrected chi connectivity index (χ3v) is 2.78. The van der Waals surface area contributed by atoms with E-state index < -0.39 is 0 Å². The van der Waals surface area contributed by atoms with Gasteiger partial charge in [0.05, 0.1) is 12.5 Å². The lowest BCUT2D eigenvalue weighted by Gasteiger charge is -1.96. The van der Waals surface area contributed by atoms with Crippen molar-refractivity contribution in [2.45, 2.75) is 27.7 Å². The zero-order chi connectivity index (χ0) is 10.3. The van der Waals surface area contributed by atoms with Gasteiger partial charge in [-0.05, 0) is 38.8 Å². The van der Waals surface area contributed by atoms with Crippen LogP contribution in [-0.2, 0) is 0 Å². The van der Waals surface area contributed by atoms with Crippen LogP contribution in [0.3, 0.4) is 0 Å². The Morgan fingerprint density at radius 2 is 1.07 bits per heavy atom. The molecule has 0 aliphatic carbocycles. The fraction of sp³-hybridized carbons (Fsp3) is 0.333. The van der Waals surface area contributed by atoms with Crippen molar-refractivity contribution in [2.75, 3.05) is 0 Å². The number of hydrogen-bond donors (Lipinski definition) is 0. The molecule has 2 rings (SSSR count). The van der Waals surface area contributed by atoms with Crippen molar-refractivity contribution >= 4 is 0 Å². The summed E-state index contributed by atoms with van der Waals surface area (Å²) in [7, 11) is 0. The lowest BCUT2D eigenvalue weighted by molar-refractivity contribution is 0.520. The predicted molar refractivity (Wildman–Crippen MR) is 55.4 cm³/mol. The lowest BCUT2D eigenvalue weighted by atomic mass is 10.1. The lowest BCUT2D eigenvalue weighted by Crippen LogP contribution is -1.80. The quantitative estimate of drug-likeness (QED) is 0.684. The Morgan fingerprint density at radius 1 is 0.714 bits per heavy atom. The highest BCUT2D eigenvalue weighted by atomic mass is 16.4. The minimum atomic E-state index is 0.855. The number of hydrogen-bond acceptors (Lipinski definition) is 2. The molecule has 0 amide bonds. The Hall–Kier alpha value is -1.44. The van der Waals surface area contributed by atoms with Gasteiger partial charge in [-0.15, -0.1) is 0 Å². The van der Waals surface area contributed by atoms with Crippen LogP contribution < -0.4 is 0 Å². The van der Waals surface area contributed by atoms with E-state index in [-0.39, 0.29) is 0 Å². The molecule has 2 heteroatoms. The smallest absolute Gasteiger partial charge is 0.172 e. The molecule has 2 aromatic heterocycles. The zero-order valence-electron chi connectivity index (χ0n) is 8.97. The molecule has 0 saturated carbocycles. The second-order valence-electron chi connectivity index (χ2n) is 3.75.